The summed E-state index contributed by atoms with van der Waals surface area (Å²) >= 11 is 0. The predicted molar refractivity (Wildman–Crippen MR) is 458 cm³/mol. The van der Waals surface area contributed by atoms with E-state index < -0.39 is 12.8 Å². The Bertz CT molecular complexity index is 6470. The standard InChI is InChI=1S/C102H83BN4/c1-100(2,3)76-54-74(55-77(61-76)101(4,5)6)75-59-96-98-97(60-75)107(99-85(69-37-21-13-22-38-69)62-78(102(7,8)9)63-86(99)70-39-23-14-24-40-70)94-58-71(66-31-15-10-16-32-66)47-50-88(94)103(98)89-51-48-80(65-95(89)106(96)81-56-72(67-33-17-11-18-34-67)53-73(57-81)68-35-19-12-20-36-68)105-92-46-30-27-43-84(92)87-64-79(49-52-93(87)105)104-90-44-28-25-41-82(90)83-42-26-29-45-91(83)104/h10-65H,1-9H3/i10D,15D,16D,31D,32D. The molecule has 514 valence electrons. The van der Waals surface area contributed by atoms with Crippen molar-refractivity contribution in [2.45, 2.75) is 78.6 Å². The molecule has 107 heavy (non-hydrogen) atoms. The number of hydrogen-bond donors (Lipinski definition) is 0. The van der Waals surface area contributed by atoms with Gasteiger partial charge in [0.25, 0.3) is 6.71 Å². The second-order valence-electron chi connectivity index (χ2n) is 32.2. The lowest BCUT2D eigenvalue weighted by molar-refractivity contribution is 0.569. The molecule has 5 heteroatoms. The Hall–Kier alpha value is -12.4. The fraction of sp³-hybridized carbons (Fsp3) is 0.118. The van der Waals surface area contributed by atoms with Gasteiger partial charge in [0.15, 0.2) is 0 Å². The second kappa shape index (κ2) is 25.1. The molecule has 4 heterocycles. The third kappa shape index (κ3) is 11.1. The third-order valence-electron chi connectivity index (χ3n) is 22.4. The van der Waals surface area contributed by atoms with Crippen LogP contribution in [-0.2, 0) is 16.2 Å². The van der Waals surface area contributed by atoms with E-state index in [0.717, 1.165) is 156 Å². The van der Waals surface area contributed by atoms with Gasteiger partial charge in [-0.05, 0) is 202 Å². The van der Waals surface area contributed by atoms with Crippen LogP contribution in [-0.4, -0.2) is 15.8 Å². The molecule has 0 aliphatic carbocycles. The van der Waals surface area contributed by atoms with Crippen LogP contribution in [0, 0.1) is 0 Å². The lowest BCUT2D eigenvalue weighted by atomic mass is 9.33. The molecule has 0 N–H and O–H groups in total. The maximum atomic E-state index is 9.71. The molecule has 0 radical (unpaired) electrons. The lowest BCUT2D eigenvalue weighted by Gasteiger charge is -2.45. The van der Waals surface area contributed by atoms with Crippen LogP contribution >= 0.6 is 0 Å². The van der Waals surface area contributed by atoms with Gasteiger partial charge in [-0.15, -0.1) is 0 Å². The quantitative estimate of drug-likeness (QED) is 0.127. The first-order valence-corrected chi connectivity index (χ1v) is 37.4. The minimum absolute atomic E-state index is 0.137. The van der Waals surface area contributed by atoms with Gasteiger partial charge in [-0.1, -0.05) is 305 Å². The van der Waals surface area contributed by atoms with E-state index in [0.29, 0.717) is 5.56 Å². The Kier molecular flexibility index (Phi) is 14.1. The van der Waals surface area contributed by atoms with Crippen molar-refractivity contribution in [2.75, 3.05) is 9.80 Å². The van der Waals surface area contributed by atoms with E-state index >= 15 is 0 Å². The SMILES string of the molecule is [2H]c1c([2H])c([2H])c(-c2ccc3c(c2)N(c2c(-c4ccccc4)cc(C(C)(C)C)cc2-c2ccccc2)c2cc(-c4cc(C(C)(C)C)cc(C(C)(C)C)c4)cc4c2B3c2ccc(-n3c5ccccc5c5cc(-n6c7ccccc7c7ccccc76)ccc53)cc2N4c2cc(-c3ccccc3)cc(-c3ccccc3)c2)c([2H])c1[2H]. The molecule has 0 saturated carbocycles. The Morgan fingerprint density at radius 2 is 0.654 bits per heavy atom. The van der Waals surface area contributed by atoms with Gasteiger partial charge in [0.05, 0.1) is 34.6 Å². The van der Waals surface area contributed by atoms with E-state index in [1.54, 1.807) is 0 Å². The first kappa shape index (κ1) is 59.9. The van der Waals surface area contributed by atoms with Crippen molar-refractivity contribution in [2.24, 2.45) is 0 Å². The Morgan fingerprint density at radius 1 is 0.262 bits per heavy atom. The molecule has 15 aromatic carbocycles. The van der Waals surface area contributed by atoms with Gasteiger partial charge in [0.1, 0.15) is 0 Å². The third-order valence-corrected chi connectivity index (χ3v) is 22.4. The van der Waals surface area contributed by atoms with Crippen molar-refractivity contribution in [1.29, 1.82) is 0 Å². The first-order chi connectivity index (χ1) is 54.0. The highest BCUT2D eigenvalue weighted by atomic mass is 15.2. The van der Waals surface area contributed by atoms with Crippen LogP contribution in [0.4, 0.5) is 34.1 Å². The molecule has 0 amide bonds. The minimum atomic E-state index is -0.447. The summed E-state index contributed by atoms with van der Waals surface area (Å²) < 4.78 is 51.5. The highest BCUT2D eigenvalue weighted by molar-refractivity contribution is 7.00. The normalized spacial score (nSPS) is 13.5. The molecule has 0 atom stereocenters. The molecule has 17 aromatic rings. The lowest BCUT2D eigenvalue weighted by Crippen LogP contribution is -2.61. The molecule has 0 fully saturated rings. The van der Waals surface area contributed by atoms with E-state index in [4.69, 9.17) is 1.37 Å². The van der Waals surface area contributed by atoms with E-state index in [1.165, 1.54) is 21.9 Å². The fourth-order valence-electron chi connectivity index (χ4n) is 16.9. The average molecular weight is 1380 g/mol. The largest absolute Gasteiger partial charge is 0.311 e. The molecule has 0 bridgehead atoms. The van der Waals surface area contributed by atoms with Crippen LogP contribution in [0.2, 0.25) is 0 Å². The smallest absolute Gasteiger partial charge is 0.252 e. The van der Waals surface area contributed by atoms with Crippen LogP contribution in [0.25, 0.3) is 122 Å². The van der Waals surface area contributed by atoms with Gasteiger partial charge in [0, 0.05) is 72.5 Å². The van der Waals surface area contributed by atoms with E-state index in [9.17, 15) is 5.48 Å². The van der Waals surface area contributed by atoms with Crippen molar-refractivity contribution in [3.63, 3.8) is 0 Å². The number of aromatic nitrogens is 2. The summed E-state index contributed by atoms with van der Waals surface area (Å²) in [6.45, 7) is 20.3. The predicted octanol–water partition coefficient (Wildman–Crippen LogP) is 25.9. The van der Waals surface area contributed by atoms with Crippen LogP contribution < -0.4 is 26.2 Å². The van der Waals surface area contributed by atoms with Crippen LogP contribution in [0.15, 0.2) is 340 Å². The number of benzene rings is 15. The second-order valence-corrected chi connectivity index (χ2v) is 32.2. The number of para-hydroxylation sites is 3. The molecule has 2 aliphatic rings. The molecule has 19 rings (SSSR count). The van der Waals surface area contributed by atoms with Crippen molar-refractivity contribution < 1.29 is 6.85 Å². The van der Waals surface area contributed by atoms with Crippen molar-refractivity contribution >= 4 is 101 Å². The maximum Gasteiger partial charge on any atom is 0.252 e. The summed E-state index contributed by atoms with van der Waals surface area (Å²) in [5.74, 6) is 0. The number of anilines is 6. The Morgan fingerprint density at radius 3 is 1.17 bits per heavy atom. The maximum absolute atomic E-state index is 9.71. The van der Waals surface area contributed by atoms with Crippen molar-refractivity contribution in [3.05, 3.63) is 356 Å². The van der Waals surface area contributed by atoms with Crippen molar-refractivity contribution in [3.8, 4) is 78.1 Å². The molecule has 2 aliphatic heterocycles. The van der Waals surface area contributed by atoms with Gasteiger partial charge in [-0.3, -0.25) is 0 Å². The molecular weight excluding hydrogens is 1290 g/mol. The van der Waals surface area contributed by atoms with E-state index in [-0.39, 0.29) is 46.0 Å². The van der Waals surface area contributed by atoms with Gasteiger partial charge in [0.2, 0.25) is 0 Å². The monoisotopic (exact) mass is 1380 g/mol. The zero-order valence-corrected chi connectivity index (χ0v) is 61.8. The summed E-state index contributed by atoms with van der Waals surface area (Å²) in [4.78, 5) is 5.08. The van der Waals surface area contributed by atoms with Gasteiger partial charge >= 0.3 is 0 Å². The van der Waals surface area contributed by atoms with Crippen LogP contribution in [0.1, 0.15) is 85.9 Å². The molecule has 0 saturated heterocycles. The van der Waals surface area contributed by atoms with Gasteiger partial charge in [-0.2, -0.15) is 0 Å². The highest BCUT2D eigenvalue weighted by Crippen LogP contribution is 2.54. The minimum Gasteiger partial charge on any atom is -0.311 e. The fourth-order valence-corrected chi connectivity index (χ4v) is 16.9. The zero-order valence-electron chi connectivity index (χ0n) is 66.8. The molecule has 4 nitrogen and oxygen atoms in total. The summed E-state index contributed by atoms with van der Waals surface area (Å²) in [5.41, 5.74) is 29.4. The van der Waals surface area contributed by atoms with E-state index in [2.05, 4.69) is 385 Å². The summed E-state index contributed by atoms with van der Waals surface area (Å²) in [5, 5.41) is 4.70. The summed E-state index contributed by atoms with van der Waals surface area (Å²) in [7, 11) is 0. The topological polar surface area (TPSA) is 16.3 Å². The molecular formula is C102H83BN4. The molecule has 0 spiro atoms. The Labute approximate surface area is 635 Å². The number of rotatable bonds is 10. The average Bonchev–Trinajstić information content (AvgIpc) is 0.795. The van der Waals surface area contributed by atoms with Gasteiger partial charge in [-0.25, -0.2) is 0 Å². The number of nitrogens with zero attached hydrogens (tertiary/aromatic N) is 4. The first-order valence-electron chi connectivity index (χ1n) is 39.9. The summed E-state index contributed by atoms with van der Waals surface area (Å²) in [6.07, 6.45) is 0. The van der Waals surface area contributed by atoms with Crippen LogP contribution in [0.5, 0.6) is 0 Å². The zero-order chi connectivity index (χ0) is 77.0. The molecule has 0 unspecified atom stereocenters. The van der Waals surface area contributed by atoms with Gasteiger partial charge < -0.3 is 18.9 Å². The van der Waals surface area contributed by atoms with E-state index in [1.807, 2.05) is 6.07 Å². The summed E-state index contributed by atoms with van der Waals surface area (Å²) in [6, 6.07) is 112. The molecule has 2 aromatic heterocycles. The Balaban J connectivity index is 0.977. The van der Waals surface area contributed by atoms with Crippen LogP contribution in [0.3, 0.4) is 0 Å². The number of fused-ring (bicyclic) bond motifs is 10. The van der Waals surface area contributed by atoms with Crippen molar-refractivity contribution in [1.82, 2.24) is 9.13 Å². The number of hydrogen-bond acceptors (Lipinski definition) is 2. The highest BCUT2D eigenvalue weighted by Gasteiger charge is 2.46.